The van der Waals surface area contributed by atoms with Crippen molar-refractivity contribution in [2.75, 3.05) is 0 Å². The molecule has 0 saturated heterocycles. The maximum atomic E-state index is 13.3. The van der Waals surface area contributed by atoms with Crippen molar-refractivity contribution in [1.82, 2.24) is 0 Å². The van der Waals surface area contributed by atoms with Crippen LogP contribution in [0, 0.1) is 5.82 Å². The molecular weight excluding hydrogens is 182 g/mol. The minimum absolute atomic E-state index is 0.286. The van der Waals surface area contributed by atoms with E-state index in [1.54, 1.807) is 24.3 Å². The minimum Gasteiger partial charge on any atom is -0.538 e. The van der Waals surface area contributed by atoms with Gasteiger partial charge in [0, 0.05) is 10.8 Å². The summed E-state index contributed by atoms with van der Waals surface area (Å²) in [5.41, 5.74) is 0. The second-order valence-electron chi connectivity index (χ2n) is 2.86. The molecule has 4 heteroatoms. The second kappa shape index (κ2) is 3.68. The number of rotatable bonds is 2. The fourth-order valence-corrected chi connectivity index (χ4v) is 1.43. The molecule has 0 unspecified atom stereocenters. The molecule has 0 atom stereocenters. The molecule has 14 heavy (non-hydrogen) atoms. The Morgan fingerprint density at radius 3 is 2.50 bits per heavy atom. The third-order valence-electron chi connectivity index (χ3n) is 2.05. The van der Waals surface area contributed by atoms with Crippen LogP contribution in [0.15, 0.2) is 36.4 Å². The van der Waals surface area contributed by atoms with Crippen molar-refractivity contribution in [3.05, 3.63) is 42.2 Å². The fraction of sp³-hybridized carbons (Fsp3) is 0. The van der Waals surface area contributed by atoms with Crippen LogP contribution in [0.4, 0.5) is 4.39 Å². The number of hydrogen-bond acceptors (Lipinski definition) is 2. The van der Waals surface area contributed by atoms with E-state index in [0.717, 1.165) is 0 Å². The van der Waals surface area contributed by atoms with Gasteiger partial charge in [-0.05, 0) is 12.1 Å². The number of fused-ring (bicyclic) bond motifs is 1. The Bertz CT molecular complexity index is 459. The van der Waals surface area contributed by atoms with Crippen LogP contribution in [0.2, 0.25) is 0 Å². The van der Waals surface area contributed by atoms with Gasteiger partial charge in [-0.1, -0.05) is 24.3 Å². The molecule has 2 aromatic rings. The van der Waals surface area contributed by atoms with E-state index in [2.05, 4.69) is 0 Å². The van der Waals surface area contributed by atoms with Gasteiger partial charge in [0.1, 0.15) is 11.6 Å². The van der Waals surface area contributed by atoms with Crippen molar-refractivity contribution in [3.8, 4) is 5.75 Å². The van der Waals surface area contributed by atoms with Crippen LogP contribution in [0.1, 0.15) is 0 Å². The Kier molecular flexibility index (Phi) is 2.37. The van der Waals surface area contributed by atoms with Crippen LogP contribution in [0.25, 0.3) is 10.8 Å². The van der Waals surface area contributed by atoms with Gasteiger partial charge in [0.05, 0.1) is 0 Å². The average molecular weight is 190 g/mol. The maximum absolute atomic E-state index is 13.3. The molecule has 1 N–H and O–H groups in total. The molecule has 0 aliphatic heterocycles. The Labute approximate surface area is 81.2 Å². The van der Waals surface area contributed by atoms with Gasteiger partial charge < -0.3 is 9.68 Å². The molecule has 2 rings (SSSR count). The lowest BCUT2D eigenvalue weighted by Gasteiger charge is -2.06. The van der Waals surface area contributed by atoms with E-state index in [1.807, 2.05) is 0 Å². The molecule has 70 valence electrons. The number of benzene rings is 2. The molecule has 0 amide bonds. The largest absolute Gasteiger partial charge is 0.538 e. The first-order chi connectivity index (χ1) is 6.83. The van der Waals surface area contributed by atoms with Gasteiger partial charge in [0.25, 0.3) is 0 Å². The summed E-state index contributed by atoms with van der Waals surface area (Å²) in [6.45, 7) is 0. The first-order valence-electron chi connectivity index (χ1n) is 4.24. The molecule has 0 aliphatic rings. The van der Waals surface area contributed by atoms with Crippen molar-refractivity contribution in [2.45, 2.75) is 0 Å². The zero-order chi connectivity index (χ0) is 9.97. The molecule has 0 aromatic heterocycles. The highest BCUT2D eigenvalue weighted by Crippen LogP contribution is 2.27. The first-order valence-corrected chi connectivity index (χ1v) is 4.24. The van der Waals surface area contributed by atoms with Crippen molar-refractivity contribution < 1.29 is 14.1 Å². The quantitative estimate of drug-likeness (QED) is 0.729. The normalized spacial score (nSPS) is 10.1. The molecule has 0 saturated carbocycles. The SMILES string of the molecule is OBOc1ccc(F)c2ccccc12. The third kappa shape index (κ3) is 1.44. The molecule has 0 radical (unpaired) electrons. The Hall–Kier alpha value is -1.55. The van der Waals surface area contributed by atoms with Gasteiger partial charge in [-0.3, -0.25) is 0 Å². The highest BCUT2D eigenvalue weighted by atomic mass is 19.1. The van der Waals surface area contributed by atoms with Gasteiger partial charge in [-0.15, -0.1) is 0 Å². The average Bonchev–Trinajstić information content (AvgIpc) is 2.23. The Balaban J connectivity index is 2.68. The topological polar surface area (TPSA) is 29.5 Å². The second-order valence-corrected chi connectivity index (χ2v) is 2.86. The fourth-order valence-electron chi connectivity index (χ4n) is 1.43. The molecule has 0 spiro atoms. The lowest BCUT2D eigenvalue weighted by atomic mass is 10.1. The summed E-state index contributed by atoms with van der Waals surface area (Å²) >= 11 is 0. The van der Waals surface area contributed by atoms with Crippen LogP contribution in [0.3, 0.4) is 0 Å². The van der Waals surface area contributed by atoms with Gasteiger partial charge >= 0.3 is 7.69 Å². The summed E-state index contributed by atoms with van der Waals surface area (Å²) in [6, 6.07) is 9.82. The molecular formula is C10H8BFO2. The summed E-state index contributed by atoms with van der Waals surface area (Å²) < 4.78 is 18.3. The van der Waals surface area contributed by atoms with Gasteiger partial charge in [0.2, 0.25) is 0 Å². The van der Waals surface area contributed by atoms with Crippen LogP contribution < -0.4 is 4.65 Å². The van der Waals surface area contributed by atoms with Crippen LogP contribution >= 0.6 is 0 Å². The maximum Gasteiger partial charge on any atom is 0.504 e. The first kappa shape index (κ1) is 9.03. The minimum atomic E-state index is -0.407. The molecule has 0 bridgehead atoms. The van der Waals surface area contributed by atoms with E-state index in [0.29, 0.717) is 16.5 Å². The van der Waals surface area contributed by atoms with Crippen LogP contribution in [0.5, 0.6) is 5.75 Å². The van der Waals surface area contributed by atoms with Crippen molar-refractivity contribution in [1.29, 1.82) is 0 Å². The predicted octanol–water partition coefficient (Wildman–Crippen LogP) is 1.62. The molecule has 0 heterocycles. The molecule has 0 fully saturated rings. The lowest BCUT2D eigenvalue weighted by Crippen LogP contribution is -2.00. The summed E-state index contributed by atoms with van der Waals surface area (Å²) in [5, 5.41) is 9.80. The predicted molar refractivity (Wildman–Crippen MR) is 53.9 cm³/mol. The Morgan fingerprint density at radius 2 is 1.79 bits per heavy atom. The van der Waals surface area contributed by atoms with E-state index in [1.165, 1.54) is 12.1 Å². The number of hydrogen-bond donors (Lipinski definition) is 1. The van der Waals surface area contributed by atoms with E-state index in [4.69, 9.17) is 9.68 Å². The smallest absolute Gasteiger partial charge is 0.504 e. The summed E-state index contributed by atoms with van der Waals surface area (Å²) in [7, 11) is -0.407. The zero-order valence-electron chi connectivity index (χ0n) is 7.40. The standard InChI is InChI=1S/C10H8BFO2/c12-9-5-6-10(14-11-13)8-4-2-1-3-7(8)9/h1-6,11,13H. The Morgan fingerprint density at radius 1 is 1.07 bits per heavy atom. The highest BCUT2D eigenvalue weighted by molar-refractivity contribution is 6.18. The summed E-state index contributed by atoms with van der Waals surface area (Å²) in [6.07, 6.45) is 0. The van der Waals surface area contributed by atoms with Crippen molar-refractivity contribution in [2.24, 2.45) is 0 Å². The molecule has 2 nitrogen and oxygen atoms in total. The van der Waals surface area contributed by atoms with Crippen LogP contribution in [-0.4, -0.2) is 12.7 Å². The highest BCUT2D eigenvalue weighted by Gasteiger charge is 2.05. The molecule has 0 aliphatic carbocycles. The summed E-state index contributed by atoms with van der Waals surface area (Å²) in [4.78, 5) is 0. The zero-order valence-corrected chi connectivity index (χ0v) is 7.40. The van der Waals surface area contributed by atoms with E-state index in [-0.39, 0.29) is 5.82 Å². The van der Waals surface area contributed by atoms with Crippen molar-refractivity contribution >= 4 is 18.5 Å². The van der Waals surface area contributed by atoms with E-state index in [9.17, 15) is 4.39 Å². The number of halogens is 1. The van der Waals surface area contributed by atoms with Crippen molar-refractivity contribution in [3.63, 3.8) is 0 Å². The van der Waals surface area contributed by atoms with Gasteiger partial charge in [-0.25, -0.2) is 4.39 Å². The van der Waals surface area contributed by atoms with E-state index >= 15 is 0 Å². The lowest BCUT2D eigenvalue weighted by molar-refractivity contribution is 0.456. The van der Waals surface area contributed by atoms with Gasteiger partial charge in [0.15, 0.2) is 0 Å². The summed E-state index contributed by atoms with van der Waals surface area (Å²) in [5.74, 6) is 0.204. The monoisotopic (exact) mass is 190 g/mol. The van der Waals surface area contributed by atoms with Gasteiger partial charge in [-0.2, -0.15) is 0 Å². The third-order valence-corrected chi connectivity index (χ3v) is 2.05. The van der Waals surface area contributed by atoms with Crippen LogP contribution in [-0.2, 0) is 0 Å². The molecule has 2 aromatic carbocycles. The van der Waals surface area contributed by atoms with E-state index < -0.39 is 7.69 Å².